The topological polar surface area (TPSA) is 66.9 Å². The van der Waals surface area contributed by atoms with Crippen molar-refractivity contribution in [3.63, 3.8) is 0 Å². The molecule has 0 aliphatic carbocycles. The van der Waals surface area contributed by atoms with Crippen LogP contribution in [0.3, 0.4) is 0 Å². The Balaban J connectivity index is 2.08. The molecule has 2 N–H and O–H groups in total. The number of nitrogens with one attached hydrogen (secondary N) is 2. The zero-order valence-electron chi connectivity index (χ0n) is 11.8. The fraction of sp³-hybridized carbons (Fsp3) is 0.267. The molecule has 0 spiro atoms. The number of hydrogen-bond donors (Lipinski definition) is 2. The van der Waals surface area contributed by atoms with Crippen LogP contribution in [-0.4, -0.2) is 22.4 Å². The molecule has 110 valence electrons. The van der Waals surface area contributed by atoms with Crippen molar-refractivity contribution >= 4 is 27.7 Å². The quantitative estimate of drug-likeness (QED) is 0.841. The average Bonchev–Trinajstić information content (AvgIpc) is 2.52. The Morgan fingerprint density at radius 2 is 2.10 bits per heavy atom. The van der Waals surface area contributed by atoms with Crippen LogP contribution >= 0.6 is 15.9 Å². The smallest absolute Gasteiger partial charge is 0.255 e. The van der Waals surface area contributed by atoms with Crippen LogP contribution in [0.5, 0.6) is 0 Å². The molecule has 2 rings (SSSR count). The van der Waals surface area contributed by atoms with E-state index in [1.165, 1.54) is 0 Å². The highest BCUT2D eigenvalue weighted by atomic mass is 79.9. The Morgan fingerprint density at radius 3 is 2.81 bits per heavy atom. The maximum Gasteiger partial charge on any atom is 0.255 e. The lowest BCUT2D eigenvalue weighted by Crippen LogP contribution is -2.24. The molecule has 0 aromatic carbocycles. The number of halogens is 1. The van der Waals surface area contributed by atoms with Crippen molar-refractivity contribution in [2.45, 2.75) is 19.9 Å². The average molecular weight is 349 g/mol. The van der Waals surface area contributed by atoms with Crippen molar-refractivity contribution in [1.29, 1.82) is 0 Å². The first-order chi connectivity index (χ1) is 10.2. The third-order valence-corrected chi connectivity index (χ3v) is 3.28. The number of aromatic nitrogens is 2. The van der Waals surface area contributed by atoms with Gasteiger partial charge in [-0.2, -0.15) is 0 Å². The lowest BCUT2D eigenvalue weighted by Gasteiger charge is -2.11. The Morgan fingerprint density at radius 1 is 1.33 bits per heavy atom. The van der Waals surface area contributed by atoms with E-state index in [9.17, 15) is 4.79 Å². The number of carbonyl (C=O) groups excluding carboxylic acids is 1. The first-order valence-corrected chi connectivity index (χ1v) is 7.56. The molecule has 2 aromatic heterocycles. The van der Waals surface area contributed by atoms with Crippen LogP contribution in [0.15, 0.2) is 41.3 Å². The van der Waals surface area contributed by atoms with Gasteiger partial charge in [0.15, 0.2) is 0 Å². The molecule has 0 aliphatic rings. The fourth-order valence-corrected chi connectivity index (χ4v) is 2.11. The van der Waals surface area contributed by atoms with E-state index in [0.717, 1.165) is 23.0 Å². The first kappa shape index (κ1) is 15.4. The molecule has 6 heteroatoms. The lowest BCUT2D eigenvalue weighted by molar-refractivity contribution is 0.0951. The molecule has 2 aromatic rings. The highest BCUT2D eigenvalue weighted by Gasteiger charge is 2.13. The van der Waals surface area contributed by atoms with Gasteiger partial charge in [-0.1, -0.05) is 6.92 Å². The molecular weight excluding hydrogens is 332 g/mol. The molecule has 0 atom stereocenters. The Hall–Kier alpha value is -1.95. The maximum absolute atomic E-state index is 12.3. The maximum atomic E-state index is 12.3. The van der Waals surface area contributed by atoms with Crippen LogP contribution in [0.1, 0.15) is 29.3 Å². The van der Waals surface area contributed by atoms with E-state index in [-0.39, 0.29) is 5.91 Å². The van der Waals surface area contributed by atoms with Crippen LogP contribution in [-0.2, 0) is 6.54 Å². The predicted molar refractivity (Wildman–Crippen MR) is 86.1 cm³/mol. The summed E-state index contributed by atoms with van der Waals surface area (Å²) in [6, 6.07) is 5.51. The minimum atomic E-state index is -0.154. The van der Waals surface area contributed by atoms with Gasteiger partial charge in [0.2, 0.25) is 0 Å². The molecule has 0 aliphatic heterocycles. The highest BCUT2D eigenvalue weighted by molar-refractivity contribution is 9.10. The van der Waals surface area contributed by atoms with Gasteiger partial charge < -0.3 is 10.6 Å². The summed E-state index contributed by atoms with van der Waals surface area (Å²) < 4.78 is 0.776. The molecule has 0 saturated heterocycles. The SMILES string of the molecule is CCCNc1ncc(Br)cc1C(=O)NCc1ccncc1. The molecule has 21 heavy (non-hydrogen) atoms. The van der Waals surface area contributed by atoms with E-state index >= 15 is 0 Å². The Kier molecular flexibility index (Phi) is 5.68. The van der Waals surface area contributed by atoms with Gasteiger partial charge in [0.05, 0.1) is 5.56 Å². The van der Waals surface area contributed by atoms with Crippen molar-refractivity contribution in [3.05, 3.63) is 52.4 Å². The van der Waals surface area contributed by atoms with E-state index < -0.39 is 0 Å². The van der Waals surface area contributed by atoms with Crippen LogP contribution < -0.4 is 10.6 Å². The largest absolute Gasteiger partial charge is 0.369 e. The summed E-state index contributed by atoms with van der Waals surface area (Å²) in [7, 11) is 0. The summed E-state index contributed by atoms with van der Waals surface area (Å²) in [5.74, 6) is 0.450. The minimum absolute atomic E-state index is 0.154. The van der Waals surface area contributed by atoms with Gasteiger partial charge in [-0.25, -0.2) is 4.98 Å². The van der Waals surface area contributed by atoms with Crippen LogP contribution in [0.2, 0.25) is 0 Å². The normalized spacial score (nSPS) is 10.2. The second-order valence-electron chi connectivity index (χ2n) is 4.51. The molecule has 1 amide bonds. The van der Waals surface area contributed by atoms with E-state index in [4.69, 9.17) is 0 Å². The van der Waals surface area contributed by atoms with Crippen molar-refractivity contribution in [2.24, 2.45) is 0 Å². The predicted octanol–water partition coefficient (Wildman–Crippen LogP) is 2.99. The second kappa shape index (κ2) is 7.73. The zero-order valence-corrected chi connectivity index (χ0v) is 13.4. The molecule has 0 radical (unpaired) electrons. The van der Waals surface area contributed by atoms with E-state index in [1.807, 2.05) is 12.1 Å². The molecule has 5 nitrogen and oxygen atoms in total. The van der Waals surface area contributed by atoms with Gasteiger partial charge >= 0.3 is 0 Å². The summed E-state index contributed by atoms with van der Waals surface area (Å²) in [6.45, 7) is 3.30. The summed E-state index contributed by atoms with van der Waals surface area (Å²) >= 11 is 3.35. The van der Waals surface area contributed by atoms with E-state index in [0.29, 0.717) is 17.9 Å². The zero-order chi connectivity index (χ0) is 15.1. The fourth-order valence-electron chi connectivity index (χ4n) is 1.77. The summed E-state index contributed by atoms with van der Waals surface area (Å²) in [6.07, 6.45) is 6.06. The number of nitrogens with zero attached hydrogens (tertiary/aromatic N) is 2. The number of rotatable bonds is 6. The number of anilines is 1. The monoisotopic (exact) mass is 348 g/mol. The van der Waals surface area contributed by atoms with Crippen molar-refractivity contribution in [1.82, 2.24) is 15.3 Å². The third-order valence-electron chi connectivity index (χ3n) is 2.84. The summed E-state index contributed by atoms with van der Waals surface area (Å²) in [4.78, 5) is 20.5. The highest BCUT2D eigenvalue weighted by Crippen LogP contribution is 2.18. The van der Waals surface area contributed by atoms with Gasteiger partial charge in [-0.15, -0.1) is 0 Å². The summed E-state index contributed by atoms with van der Waals surface area (Å²) in [5.41, 5.74) is 1.54. The molecule has 0 fully saturated rings. The number of amides is 1. The number of pyridine rings is 2. The van der Waals surface area contributed by atoms with Gasteiger partial charge in [0.1, 0.15) is 5.82 Å². The summed E-state index contributed by atoms with van der Waals surface area (Å²) in [5, 5.41) is 6.06. The second-order valence-corrected chi connectivity index (χ2v) is 5.43. The lowest BCUT2D eigenvalue weighted by atomic mass is 10.2. The molecule has 2 heterocycles. The standard InChI is InChI=1S/C15H17BrN4O/c1-2-5-18-14-13(8-12(16)10-19-14)15(21)20-9-11-3-6-17-7-4-11/h3-4,6-8,10H,2,5,9H2,1H3,(H,18,19)(H,20,21). The van der Waals surface area contributed by atoms with Gasteiger partial charge in [0.25, 0.3) is 5.91 Å². The van der Waals surface area contributed by atoms with Crippen molar-refractivity contribution < 1.29 is 4.79 Å². The van der Waals surface area contributed by atoms with E-state index in [2.05, 4.69) is 43.5 Å². The van der Waals surface area contributed by atoms with Crippen molar-refractivity contribution in [2.75, 3.05) is 11.9 Å². The van der Waals surface area contributed by atoms with Crippen LogP contribution in [0, 0.1) is 0 Å². The van der Waals surface area contributed by atoms with Crippen LogP contribution in [0.4, 0.5) is 5.82 Å². The van der Waals surface area contributed by atoms with E-state index in [1.54, 1.807) is 24.7 Å². The Bertz CT molecular complexity index is 604. The molecule has 0 unspecified atom stereocenters. The molecule has 0 saturated carbocycles. The van der Waals surface area contributed by atoms with Crippen LogP contribution in [0.25, 0.3) is 0 Å². The molecule has 0 bridgehead atoms. The number of carbonyl (C=O) groups is 1. The van der Waals surface area contributed by atoms with Gasteiger partial charge in [-0.3, -0.25) is 9.78 Å². The van der Waals surface area contributed by atoms with Gasteiger partial charge in [-0.05, 0) is 46.1 Å². The minimum Gasteiger partial charge on any atom is -0.369 e. The Labute approximate surface area is 132 Å². The van der Waals surface area contributed by atoms with Crippen molar-refractivity contribution in [3.8, 4) is 0 Å². The number of hydrogen-bond acceptors (Lipinski definition) is 4. The third kappa shape index (κ3) is 4.53. The molecular formula is C15H17BrN4O. The van der Waals surface area contributed by atoms with Gasteiger partial charge in [0, 0.05) is 36.2 Å². The first-order valence-electron chi connectivity index (χ1n) is 6.77.